The van der Waals surface area contributed by atoms with Gasteiger partial charge in [-0.1, -0.05) is 18.2 Å². The van der Waals surface area contributed by atoms with E-state index in [0.29, 0.717) is 23.3 Å². The lowest BCUT2D eigenvalue weighted by atomic mass is 9.88. The van der Waals surface area contributed by atoms with Gasteiger partial charge in [0.25, 0.3) is 5.78 Å². The fraction of sp³-hybridized carbons (Fsp3) is 0.273. The number of aromatic nitrogens is 5. The van der Waals surface area contributed by atoms with Gasteiger partial charge >= 0.3 is 0 Å². The third-order valence-corrected chi connectivity index (χ3v) is 6.04. The minimum Gasteiger partial charge on any atom is -0.461 e. The van der Waals surface area contributed by atoms with Gasteiger partial charge < -0.3 is 25.2 Å². The van der Waals surface area contributed by atoms with E-state index in [9.17, 15) is 0 Å². The molecule has 0 radical (unpaired) electrons. The highest BCUT2D eigenvalue weighted by atomic mass is 16.3. The summed E-state index contributed by atoms with van der Waals surface area (Å²) in [6, 6.07) is 13.7. The molecule has 1 aromatic carbocycles. The number of anilines is 2. The second kappa shape index (κ2) is 7.06. The molecule has 2 atom stereocenters. The first-order chi connectivity index (χ1) is 15.6. The van der Waals surface area contributed by atoms with Crippen LogP contribution in [0.4, 0.5) is 11.9 Å². The number of hydrogen-bond donors (Lipinski definition) is 3. The average molecular weight is 430 g/mol. The van der Waals surface area contributed by atoms with E-state index < -0.39 is 5.54 Å². The van der Waals surface area contributed by atoms with Crippen molar-refractivity contribution in [3.63, 3.8) is 0 Å². The van der Waals surface area contributed by atoms with Crippen molar-refractivity contribution in [1.82, 2.24) is 29.9 Å². The van der Waals surface area contributed by atoms with Crippen LogP contribution in [0.15, 0.2) is 57.6 Å². The highest BCUT2D eigenvalue weighted by molar-refractivity contribution is 5.78. The normalized spacial score (nSPS) is 18.3. The van der Waals surface area contributed by atoms with Crippen LogP contribution in [0.3, 0.4) is 0 Å². The third-order valence-electron chi connectivity index (χ3n) is 6.04. The van der Waals surface area contributed by atoms with Crippen LogP contribution in [0.5, 0.6) is 0 Å². The van der Waals surface area contributed by atoms with Gasteiger partial charge in [-0.2, -0.15) is 19.5 Å². The van der Waals surface area contributed by atoms with Crippen LogP contribution in [-0.4, -0.2) is 37.2 Å². The smallest absolute Gasteiger partial charge is 0.259 e. The van der Waals surface area contributed by atoms with Crippen molar-refractivity contribution < 1.29 is 8.83 Å². The van der Waals surface area contributed by atoms with E-state index in [1.165, 1.54) is 4.52 Å². The predicted molar refractivity (Wildman–Crippen MR) is 119 cm³/mol. The number of fused-ring (bicyclic) bond motifs is 2. The SMILES string of the molecule is CC(Nc1nc(N)n2nc(-c3ccco3)nc2n1)(c1cc2ccccc2o1)C1CCCN1. The summed E-state index contributed by atoms with van der Waals surface area (Å²) in [5, 5.41) is 12.5. The number of para-hydroxylation sites is 1. The summed E-state index contributed by atoms with van der Waals surface area (Å²) >= 11 is 0. The average Bonchev–Trinajstić information content (AvgIpc) is 3.59. The molecular formula is C22H22N8O2. The maximum absolute atomic E-state index is 6.25. The van der Waals surface area contributed by atoms with Gasteiger partial charge in [0, 0.05) is 11.4 Å². The molecule has 4 aromatic heterocycles. The molecule has 0 saturated carbocycles. The summed E-state index contributed by atoms with van der Waals surface area (Å²) in [6.07, 6.45) is 3.64. The largest absolute Gasteiger partial charge is 0.461 e. The van der Waals surface area contributed by atoms with Crippen molar-refractivity contribution in [3.8, 4) is 11.6 Å². The van der Waals surface area contributed by atoms with Crippen LogP contribution >= 0.6 is 0 Å². The highest BCUT2D eigenvalue weighted by Gasteiger charge is 2.41. The molecule has 5 heterocycles. The van der Waals surface area contributed by atoms with Gasteiger partial charge in [0.1, 0.15) is 16.9 Å². The van der Waals surface area contributed by atoms with Crippen LogP contribution in [0, 0.1) is 0 Å². The highest BCUT2D eigenvalue weighted by Crippen LogP contribution is 2.36. The maximum atomic E-state index is 6.25. The second-order valence-corrected chi connectivity index (χ2v) is 8.15. The molecular weight excluding hydrogens is 408 g/mol. The summed E-state index contributed by atoms with van der Waals surface area (Å²) in [5.74, 6) is 2.59. The minimum absolute atomic E-state index is 0.126. The Morgan fingerprint density at radius 1 is 1.19 bits per heavy atom. The Morgan fingerprint density at radius 2 is 2.09 bits per heavy atom. The zero-order chi connectivity index (χ0) is 21.7. The number of furan rings is 2. The maximum Gasteiger partial charge on any atom is 0.259 e. The fourth-order valence-corrected chi connectivity index (χ4v) is 4.34. The minimum atomic E-state index is -0.607. The number of nitrogen functional groups attached to an aromatic ring is 1. The quantitative estimate of drug-likeness (QED) is 0.384. The van der Waals surface area contributed by atoms with Crippen LogP contribution < -0.4 is 16.4 Å². The van der Waals surface area contributed by atoms with Crippen molar-refractivity contribution in [2.45, 2.75) is 31.3 Å². The lowest BCUT2D eigenvalue weighted by Gasteiger charge is -2.34. The second-order valence-electron chi connectivity index (χ2n) is 8.15. The Balaban J connectivity index is 1.43. The zero-order valence-corrected chi connectivity index (χ0v) is 17.4. The Bertz CT molecular complexity index is 1370. The van der Waals surface area contributed by atoms with Crippen molar-refractivity contribution in [3.05, 3.63) is 54.5 Å². The molecule has 162 valence electrons. The van der Waals surface area contributed by atoms with Gasteiger partial charge in [-0.05, 0) is 50.6 Å². The molecule has 1 fully saturated rings. The number of nitrogens with one attached hydrogen (secondary N) is 2. The first-order valence-electron chi connectivity index (χ1n) is 10.5. The van der Waals surface area contributed by atoms with E-state index in [1.54, 1.807) is 18.4 Å². The van der Waals surface area contributed by atoms with Crippen molar-refractivity contribution >= 4 is 28.6 Å². The number of rotatable bonds is 5. The van der Waals surface area contributed by atoms with Crippen LogP contribution in [-0.2, 0) is 5.54 Å². The molecule has 0 amide bonds. The molecule has 0 aliphatic carbocycles. The first-order valence-corrected chi connectivity index (χ1v) is 10.5. The van der Waals surface area contributed by atoms with E-state index >= 15 is 0 Å². The lowest BCUT2D eigenvalue weighted by Crippen LogP contribution is -2.49. The van der Waals surface area contributed by atoms with Crippen LogP contribution in [0.25, 0.3) is 28.3 Å². The number of benzene rings is 1. The van der Waals surface area contributed by atoms with Gasteiger partial charge in [-0.3, -0.25) is 0 Å². The molecule has 32 heavy (non-hydrogen) atoms. The standard InChI is InChI=1S/C22H22N8O2/c1-22(16-9-4-10-24-16,17-12-13-6-2-3-7-14(13)32-17)28-20-26-19(23)30-21(27-20)25-18(29-30)15-8-5-11-31-15/h2-3,5-8,11-12,16,24H,4,9-10H2,1H3,(H3,23,25,26,27,28,29). The molecule has 0 bridgehead atoms. The van der Waals surface area contributed by atoms with Crippen LogP contribution in [0.2, 0.25) is 0 Å². The van der Waals surface area contributed by atoms with E-state index in [0.717, 1.165) is 36.1 Å². The molecule has 5 aromatic rings. The van der Waals surface area contributed by atoms with Gasteiger partial charge in [0.05, 0.1) is 6.26 Å². The van der Waals surface area contributed by atoms with Gasteiger partial charge in [-0.15, -0.1) is 5.10 Å². The molecule has 0 spiro atoms. The van der Waals surface area contributed by atoms with Crippen molar-refractivity contribution in [2.75, 3.05) is 17.6 Å². The summed E-state index contributed by atoms with van der Waals surface area (Å²) in [7, 11) is 0. The third kappa shape index (κ3) is 2.99. The van der Waals surface area contributed by atoms with Gasteiger partial charge in [0.2, 0.25) is 17.7 Å². The molecule has 6 rings (SSSR count). The van der Waals surface area contributed by atoms with E-state index in [4.69, 9.17) is 14.6 Å². The molecule has 1 aliphatic rings. The number of nitrogens with zero attached hydrogens (tertiary/aromatic N) is 5. The van der Waals surface area contributed by atoms with E-state index in [1.807, 2.05) is 24.3 Å². The van der Waals surface area contributed by atoms with Gasteiger partial charge in [-0.25, -0.2) is 0 Å². The van der Waals surface area contributed by atoms with E-state index in [2.05, 4.69) is 43.7 Å². The first kappa shape index (κ1) is 18.8. The van der Waals surface area contributed by atoms with Crippen molar-refractivity contribution in [1.29, 1.82) is 0 Å². The Morgan fingerprint density at radius 3 is 2.88 bits per heavy atom. The monoisotopic (exact) mass is 430 g/mol. The number of hydrogen-bond acceptors (Lipinski definition) is 9. The molecule has 10 heteroatoms. The summed E-state index contributed by atoms with van der Waals surface area (Å²) in [4.78, 5) is 13.5. The summed E-state index contributed by atoms with van der Waals surface area (Å²) in [6.45, 7) is 3.04. The Hall–Kier alpha value is -3.92. The van der Waals surface area contributed by atoms with Gasteiger partial charge in [0.15, 0.2) is 5.76 Å². The molecule has 1 aliphatic heterocycles. The Kier molecular flexibility index (Phi) is 4.15. The summed E-state index contributed by atoms with van der Waals surface area (Å²) in [5.41, 5.74) is 6.43. The fourth-order valence-electron chi connectivity index (χ4n) is 4.34. The molecule has 1 saturated heterocycles. The molecule has 2 unspecified atom stereocenters. The summed E-state index contributed by atoms with van der Waals surface area (Å²) < 4.78 is 13.0. The van der Waals surface area contributed by atoms with Crippen LogP contribution in [0.1, 0.15) is 25.5 Å². The number of nitrogens with two attached hydrogens (primary N) is 1. The Labute approximate surface area is 182 Å². The molecule has 10 nitrogen and oxygen atoms in total. The predicted octanol–water partition coefficient (Wildman–Crippen LogP) is 3.19. The topological polar surface area (TPSA) is 132 Å². The van der Waals surface area contributed by atoms with Crippen molar-refractivity contribution in [2.24, 2.45) is 0 Å². The lowest BCUT2D eigenvalue weighted by molar-refractivity contribution is 0.325. The molecule has 4 N–H and O–H groups in total. The van der Waals surface area contributed by atoms with E-state index in [-0.39, 0.29) is 12.0 Å². The zero-order valence-electron chi connectivity index (χ0n) is 17.4.